The van der Waals surface area contributed by atoms with Gasteiger partial charge in [0.1, 0.15) is 11.9 Å². The molecule has 0 aliphatic heterocycles. The maximum absolute atomic E-state index is 12.1. The number of nitrogens with zero attached hydrogens (tertiary/aromatic N) is 1. The van der Waals surface area contributed by atoms with Crippen LogP contribution in [0.15, 0.2) is 54.6 Å². The van der Waals surface area contributed by atoms with Gasteiger partial charge < -0.3 is 15.6 Å². The molecule has 6 nitrogen and oxygen atoms in total. The van der Waals surface area contributed by atoms with Crippen LogP contribution in [0.3, 0.4) is 0 Å². The van der Waals surface area contributed by atoms with E-state index in [4.69, 9.17) is 0 Å². The largest absolute Gasteiger partial charge is 0.354 e. The van der Waals surface area contributed by atoms with Gasteiger partial charge in [-0.05, 0) is 31.2 Å². The highest BCUT2D eigenvalue weighted by molar-refractivity contribution is 5.97. The van der Waals surface area contributed by atoms with Crippen molar-refractivity contribution in [2.75, 3.05) is 6.54 Å². The molecule has 0 bridgehead atoms. The number of carbonyl (C=O) groups excluding carboxylic acids is 2. The highest BCUT2D eigenvalue weighted by Gasteiger charge is 2.16. The summed E-state index contributed by atoms with van der Waals surface area (Å²) in [7, 11) is 0. The summed E-state index contributed by atoms with van der Waals surface area (Å²) < 4.78 is 0. The molecule has 1 unspecified atom stereocenters. The van der Waals surface area contributed by atoms with Crippen molar-refractivity contribution >= 4 is 22.8 Å². The third-order valence-corrected chi connectivity index (χ3v) is 3.88. The Hall–Kier alpha value is -3.15. The summed E-state index contributed by atoms with van der Waals surface area (Å²) in [5.74, 6) is 0.336. The van der Waals surface area contributed by atoms with Crippen LogP contribution in [0.4, 0.5) is 0 Å². The minimum atomic E-state index is -0.608. The Bertz CT molecular complexity index is 840. The molecular formula is C19H20N4O2. The van der Waals surface area contributed by atoms with Gasteiger partial charge in [0.2, 0.25) is 5.91 Å². The number of imidazole rings is 1. The van der Waals surface area contributed by atoms with E-state index in [0.717, 1.165) is 16.9 Å². The van der Waals surface area contributed by atoms with Gasteiger partial charge in [0.05, 0.1) is 11.0 Å². The number of hydrogen-bond acceptors (Lipinski definition) is 3. The van der Waals surface area contributed by atoms with Gasteiger partial charge in [-0.2, -0.15) is 0 Å². The van der Waals surface area contributed by atoms with Crippen molar-refractivity contribution in [1.29, 1.82) is 0 Å². The first-order valence-corrected chi connectivity index (χ1v) is 8.21. The van der Waals surface area contributed by atoms with Crippen LogP contribution in [0, 0.1) is 0 Å². The highest BCUT2D eigenvalue weighted by Crippen LogP contribution is 2.10. The first kappa shape index (κ1) is 16.7. The van der Waals surface area contributed by atoms with Gasteiger partial charge in [-0.3, -0.25) is 9.59 Å². The fourth-order valence-corrected chi connectivity index (χ4v) is 2.52. The fraction of sp³-hybridized carbons (Fsp3) is 0.211. The van der Waals surface area contributed by atoms with Crippen LogP contribution >= 0.6 is 0 Å². The number of para-hydroxylation sites is 2. The molecule has 0 radical (unpaired) electrons. The number of amides is 2. The SMILES string of the molecule is CC(NC(=O)c1ccccc1)C(=O)NCCc1nc2ccccc2[nH]1. The van der Waals surface area contributed by atoms with Gasteiger partial charge in [0.25, 0.3) is 5.91 Å². The Morgan fingerprint density at radius 1 is 1.08 bits per heavy atom. The van der Waals surface area contributed by atoms with E-state index in [2.05, 4.69) is 20.6 Å². The number of rotatable bonds is 6. The maximum atomic E-state index is 12.1. The molecule has 3 rings (SSSR count). The fourth-order valence-electron chi connectivity index (χ4n) is 2.52. The lowest BCUT2D eigenvalue weighted by atomic mass is 10.2. The third-order valence-electron chi connectivity index (χ3n) is 3.88. The van der Waals surface area contributed by atoms with Crippen LogP contribution in [0.25, 0.3) is 11.0 Å². The lowest BCUT2D eigenvalue weighted by molar-refractivity contribution is -0.122. The van der Waals surface area contributed by atoms with E-state index < -0.39 is 6.04 Å². The summed E-state index contributed by atoms with van der Waals surface area (Å²) >= 11 is 0. The Labute approximate surface area is 145 Å². The van der Waals surface area contributed by atoms with Crippen LogP contribution < -0.4 is 10.6 Å². The Morgan fingerprint density at radius 2 is 1.80 bits per heavy atom. The molecule has 1 heterocycles. The number of H-pyrrole nitrogens is 1. The van der Waals surface area contributed by atoms with Crippen LogP contribution in [0.5, 0.6) is 0 Å². The minimum absolute atomic E-state index is 0.222. The molecule has 3 aromatic rings. The van der Waals surface area contributed by atoms with Crippen LogP contribution in [0.1, 0.15) is 23.1 Å². The molecule has 2 amide bonds. The van der Waals surface area contributed by atoms with Crippen molar-refractivity contribution in [3.05, 3.63) is 66.0 Å². The molecule has 1 aromatic heterocycles. The first-order chi connectivity index (χ1) is 12.1. The van der Waals surface area contributed by atoms with Crippen molar-refractivity contribution in [1.82, 2.24) is 20.6 Å². The lowest BCUT2D eigenvalue weighted by Gasteiger charge is -2.13. The molecule has 0 saturated heterocycles. The van der Waals surface area contributed by atoms with Gasteiger partial charge in [-0.15, -0.1) is 0 Å². The molecule has 6 heteroatoms. The molecule has 0 aliphatic rings. The highest BCUT2D eigenvalue weighted by atomic mass is 16.2. The second-order valence-corrected chi connectivity index (χ2v) is 5.80. The van der Waals surface area contributed by atoms with Crippen LogP contribution in [-0.4, -0.2) is 34.4 Å². The molecule has 0 fully saturated rings. The Balaban J connectivity index is 1.47. The van der Waals surface area contributed by atoms with Crippen molar-refractivity contribution in [2.24, 2.45) is 0 Å². The van der Waals surface area contributed by atoms with Gasteiger partial charge in [0, 0.05) is 18.5 Å². The van der Waals surface area contributed by atoms with Gasteiger partial charge in [0.15, 0.2) is 0 Å². The van der Waals surface area contributed by atoms with E-state index in [0.29, 0.717) is 18.5 Å². The van der Waals surface area contributed by atoms with Crippen molar-refractivity contribution in [3.63, 3.8) is 0 Å². The summed E-state index contributed by atoms with van der Waals surface area (Å²) in [6, 6.07) is 16.0. The van der Waals surface area contributed by atoms with Crippen molar-refractivity contribution in [3.8, 4) is 0 Å². The predicted octanol–water partition coefficient (Wildman–Crippen LogP) is 2.04. The van der Waals surface area contributed by atoms with E-state index in [1.165, 1.54) is 0 Å². The maximum Gasteiger partial charge on any atom is 0.251 e. The second kappa shape index (κ2) is 7.61. The zero-order chi connectivity index (χ0) is 17.6. The molecular weight excluding hydrogens is 316 g/mol. The van der Waals surface area contributed by atoms with E-state index in [1.54, 1.807) is 31.2 Å². The number of aromatic amines is 1. The van der Waals surface area contributed by atoms with Gasteiger partial charge in [-0.1, -0.05) is 30.3 Å². The zero-order valence-corrected chi connectivity index (χ0v) is 14.0. The summed E-state index contributed by atoms with van der Waals surface area (Å²) in [5.41, 5.74) is 2.42. The summed E-state index contributed by atoms with van der Waals surface area (Å²) in [6.07, 6.45) is 0.597. The molecule has 1 atom stereocenters. The minimum Gasteiger partial charge on any atom is -0.354 e. The van der Waals surface area contributed by atoms with E-state index >= 15 is 0 Å². The smallest absolute Gasteiger partial charge is 0.251 e. The number of carbonyl (C=O) groups is 2. The molecule has 0 aliphatic carbocycles. The van der Waals surface area contributed by atoms with Crippen molar-refractivity contribution < 1.29 is 9.59 Å². The average molecular weight is 336 g/mol. The number of fused-ring (bicyclic) bond motifs is 1. The topological polar surface area (TPSA) is 86.9 Å². The Morgan fingerprint density at radius 3 is 2.56 bits per heavy atom. The monoisotopic (exact) mass is 336 g/mol. The van der Waals surface area contributed by atoms with Crippen LogP contribution in [0.2, 0.25) is 0 Å². The molecule has 3 N–H and O–H groups in total. The quantitative estimate of drug-likeness (QED) is 0.644. The van der Waals surface area contributed by atoms with Crippen molar-refractivity contribution in [2.45, 2.75) is 19.4 Å². The standard InChI is InChI=1S/C19H20N4O2/c1-13(21-19(25)14-7-3-2-4-8-14)18(24)20-12-11-17-22-15-9-5-6-10-16(15)23-17/h2-10,13H,11-12H2,1H3,(H,20,24)(H,21,25)(H,22,23). The number of hydrogen-bond donors (Lipinski definition) is 3. The lowest BCUT2D eigenvalue weighted by Crippen LogP contribution is -2.45. The van der Waals surface area contributed by atoms with Gasteiger partial charge in [-0.25, -0.2) is 4.98 Å². The van der Waals surface area contributed by atoms with Gasteiger partial charge >= 0.3 is 0 Å². The second-order valence-electron chi connectivity index (χ2n) is 5.80. The summed E-state index contributed by atoms with van der Waals surface area (Å²) in [4.78, 5) is 31.8. The van der Waals surface area contributed by atoms with E-state index in [9.17, 15) is 9.59 Å². The summed E-state index contributed by atoms with van der Waals surface area (Å²) in [6.45, 7) is 2.11. The Kier molecular flexibility index (Phi) is 5.09. The van der Waals surface area contributed by atoms with E-state index in [-0.39, 0.29) is 11.8 Å². The molecule has 0 spiro atoms. The molecule has 0 saturated carbocycles. The average Bonchev–Trinajstić information content (AvgIpc) is 3.05. The van der Waals surface area contributed by atoms with Crippen LogP contribution in [-0.2, 0) is 11.2 Å². The summed E-state index contributed by atoms with van der Waals surface area (Å²) in [5, 5.41) is 5.51. The molecule has 2 aromatic carbocycles. The first-order valence-electron chi connectivity index (χ1n) is 8.21. The number of benzene rings is 2. The number of aromatic nitrogens is 2. The third kappa shape index (κ3) is 4.23. The zero-order valence-electron chi connectivity index (χ0n) is 14.0. The molecule has 128 valence electrons. The predicted molar refractivity (Wildman–Crippen MR) is 96.2 cm³/mol. The number of nitrogens with one attached hydrogen (secondary N) is 3. The normalized spacial score (nSPS) is 11.9. The van der Waals surface area contributed by atoms with E-state index in [1.807, 2.05) is 30.3 Å². The molecule has 25 heavy (non-hydrogen) atoms.